The van der Waals surface area contributed by atoms with E-state index in [0.29, 0.717) is 0 Å². The Morgan fingerprint density at radius 3 is 2.73 bits per heavy atom. The molecule has 4 heteroatoms. The quantitative estimate of drug-likeness (QED) is 0.820. The highest BCUT2D eigenvalue weighted by atomic mass is 32.1. The smallest absolute Gasteiger partial charge is 0.0959 e. The van der Waals surface area contributed by atoms with Crippen molar-refractivity contribution >= 4 is 11.3 Å². The van der Waals surface area contributed by atoms with Crippen LogP contribution in [0.25, 0.3) is 0 Å². The molecule has 0 aliphatic heterocycles. The Bertz CT molecular complexity index is 632. The molecule has 0 saturated heterocycles. The highest BCUT2D eigenvalue weighted by molar-refractivity contribution is 7.09. The number of nitrogens with one attached hydrogen (secondary N) is 1. The summed E-state index contributed by atoms with van der Waals surface area (Å²) in [7, 11) is 0. The van der Waals surface area contributed by atoms with Crippen molar-refractivity contribution in [3.8, 4) is 0 Å². The van der Waals surface area contributed by atoms with E-state index < -0.39 is 0 Å². The molecule has 1 unspecified atom stereocenters. The summed E-state index contributed by atoms with van der Waals surface area (Å²) in [6, 6.07) is 10.0. The van der Waals surface area contributed by atoms with Crippen molar-refractivity contribution < 1.29 is 5.11 Å². The van der Waals surface area contributed by atoms with Crippen LogP contribution < -0.4 is 5.32 Å². The lowest BCUT2D eigenvalue weighted by Gasteiger charge is -2.23. The summed E-state index contributed by atoms with van der Waals surface area (Å²) >= 11 is 1.80. The number of thiazole rings is 1. The fourth-order valence-corrected chi connectivity index (χ4v) is 4.05. The second kappa shape index (κ2) is 5.76. The van der Waals surface area contributed by atoms with E-state index in [0.717, 1.165) is 43.1 Å². The maximum atomic E-state index is 10.6. The number of hydrogen-bond acceptors (Lipinski definition) is 4. The van der Waals surface area contributed by atoms with Crippen LogP contribution >= 0.6 is 11.3 Å². The van der Waals surface area contributed by atoms with E-state index in [1.54, 1.807) is 11.3 Å². The number of rotatable bonds is 7. The molecule has 3 nitrogen and oxygen atoms in total. The Morgan fingerprint density at radius 1 is 1.27 bits per heavy atom. The van der Waals surface area contributed by atoms with Gasteiger partial charge in [-0.25, -0.2) is 4.98 Å². The lowest BCUT2D eigenvalue weighted by molar-refractivity contribution is 0.0917. The van der Waals surface area contributed by atoms with E-state index in [2.05, 4.69) is 10.7 Å². The predicted octanol–water partition coefficient (Wildman–Crippen LogP) is 3.62. The number of aromatic nitrogens is 1. The number of nitrogens with zero attached hydrogens (tertiary/aromatic N) is 1. The van der Waals surface area contributed by atoms with Crippen molar-refractivity contribution in [1.29, 1.82) is 0 Å². The summed E-state index contributed by atoms with van der Waals surface area (Å²) in [6.07, 6.45) is 4.46. The number of aliphatic hydroxyl groups excluding tert-OH is 1. The number of aliphatic hydroxyl groups is 1. The predicted molar refractivity (Wildman–Crippen MR) is 88.9 cm³/mol. The molecule has 0 radical (unpaired) electrons. The molecule has 0 spiro atoms. The highest BCUT2D eigenvalue weighted by Gasteiger charge is 2.48. The average molecular weight is 314 g/mol. The normalized spacial score (nSPS) is 20.8. The molecule has 1 aromatic heterocycles. The molecular weight excluding hydrogens is 292 g/mol. The van der Waals surface area contributed by atoms with Crippen LogP contribution in [0.2, 0.25) is 0 Å². The molecule has 2 aliphatic carbocycles. The maximum absolute atomic E-state index is 10.6. The molecule has 2 aliphatic rings. The van der Waals surface area contributed by atoms with E-state index in [-0.39, 0.29) is 11.5 Å². The zero-order valence-electron chi connectivity index (χ0n) is 12.7. The van der Waals surface area contributed by atoms with Gasteiger partial charge in [0.05, 0.1) is 16.8 Å². The zero-order valence-corrected chi connectivity index (χ0v) is 13.5. The second-order valence-corrected chi connectivity index (χ2v) is 7.62. The van der Waals surface area contributed by atoms with Gasteiger partial charge >= 0.3 is 0 Å². The van der Waals surface area contributed by atoms with Gasteiger partial charge in [-0.05, 0) is 31.2 Å². The number of benzene rings is 1. The summed E-state index contributed by atoms with van der Waals surface area (Å²) in [5, 5.41) is 17.6. The lowest BCUT2D eigenvalue weighted by Crippen LogP contribution is -2.28. The molecule has 0 bridgehead atoms. The average Bonchev–Trinajstić information content (AvgIpc) is 3.48. The van der Waals surface area contributed by atoms with Gasteiger partial charge < -0.3 is 10.4 Å². The van der Waals surface area contributed by atoms with E-state index in [1.807, 2.05) is 30.3 Å². The first kappa shape index (κ1) is 14.4. The van der Waals surface area contributed by atoms with E-state index >= 15 is 0 Å². The highest BCUT2D eigenvalue weighted by Crippen LogP contribution is 2.54. The minimum Gasteiger partial charge on any atom is -0.388 e. The third kappa shape index (κ3) is 2.96. The summed E-state index contributed by atoms with van der Waals surface area (Å²) in [5.41, 5.74) is 2.21. The first-order chi connectivity index (χ1) is 10.8. The number of hydrogen-bond donors (Lipinski definition) is 2. The van der Waals surface area contributed by atoms with Crippen LogP contribution in [-0.4, -0.2) is 16.6 Å². The van der Waals surface area contributed by atoms with Crippen LogP contribution in [0, 0.1) is 5.41 Å². The van der Waals surface area contributed by atoms with Gasteiger partial charge in [-0.3, -0.25) is 0 Å². The van der Waals surface area contributed by atoms with Gasteiger partial charge in [0.2, 0.25) is 0 Å². The largest absolute Gasteiger partial charge is 0.388 e. The van der Waals surface area contributed by atoms with E-state index in [4.69, 9.17) is 4.98 Å². The van der Waals surface area contributed by atoms with Crippen molar-refractivity contribution in [2.24, 2.45) is 5.41 Å². The third-order valence-electron chi connectivity index (χ3n) is 4.87. The van der Waals surface area contributed by atoms with Crippen molar-refractivity contribution in [3.63, 3.8) is 0 Å². The van der Waals surface area contributed by atoms with Gasteiger partial charge in [0, 0.05) is 29.8 Å². The van der Waals surface area contributed by atoms with Crippen LogP contribution in [0.15, 0.2) is 35.7 Å². The topological polar surface area (TPSA) is 45.1 Å². The van der Waals surface area contributed by atoms with Crippen molar-refractivity contribution in [1.82, 2.24) is 10.3 Å². The molecule has 1 heterocycles. The van der Waals surface area contributed by atoms with Crippen molar-refractivity contribution in [2.75, 3.05) is 6.54 Å². The molecule has 2 N–H and O–H groups in total. The van der Waals surface area contributed by atoms with Gasteiger partial charge in [-0.2, -0.15) is 0 Å². The Labute approximate surface area is 135 Å². The molecule has 2 fully saturated rings. The first-order valence-electron chi connectivity index (χ1n) is 8.15. The molecule has 1 aromatic carbocycles. The molecule has 2 aromatic rings. The summed E-state index contributed by atoms with van der Waals surface area (Å²) in [4.78, 5) is 4.71. The van der Waals surface area contributed by atoms with E-state index in [1.165, 1.54) is 17.8 Å². The van der Waals surface area contributed by atoms with Crippen LogP contribution in [-0.2, 0) is 6.54 Å². The lowest BCUT2D eigenvalue weighted by atomic mass is 9.92. The molecule has 22 heavy (non-hydrogen) atoms. The summed E-state index contributed by atoms with van der Waals surface area (Å²) < 4.78 is 0. The Hall–Kier alpha value is -1.23. The van der Waals surface area contributed by atoms with E-state index in [9.17, 15) is 5.11 Å². The molecule has 4 rings (SSSR count). The summed E-state index contributed by atoms with van der Waals surface area (Å²) in [5.74, 6) is 0.744. The zero-order chi connectivity index (χ0) is 15.0. The molecule has 0 amide bonds. The van der Waals surface area contributed by atoms with Gasteiger partial charge in [-0.15, -0.1) is 11.3 Å². The van der Waals surface area contributed by atoms with Crippen LogP contribution in [0.5, 0.6) is 0 Å². The molecule has 2 saturated carbocycles. The Morgan fingerprint density at radius 2 is 2.05 bits per heavy atom. The van der Waals surface area contributed by atoms with Gasteiger partial charge in [0.1, 0.15) is 0 Å². The molecule has 1 atom stereocenters. The van der Waals surface area contributed by atoms with Crippen LogP contribution in [0.1, 0.15) is 54.0 Å². The van der Waals surface area contributed by atoms with Gasteiger partial charge in [0.25, 0.3) is 0 Å². The first-order valence-corrected chi connectivity index (χ1v) is 9.03. The SMILES string of the molecule is OC(c1ccccc1)C1(CNCc2csc(C3CC3)n2)CC1. The third-order valence-corrected chi connectivity index (χ3v) is 5.92. The van der Waals surface area contributed by atoms with Gasteiger partial charge in [0.15, 0.2) is 0 Å². The van der Waals surface area contributed by atoms with Gasteiger partial charge in [-0.1, -0.05) is 30.3 Å². The Balaban J connectivity index is 1.32. The fourth-order valence-electron chi connectivity index (χ4n) is 3.06. The second-order valence-electron chi connectivity index (χ2n) is 6.73. The summed E-state index contributed by atoms with van der Waals surface area (Å²) in [6.45, 7) is 1.67. The van der Waals surface area contributed by atoms with Crippen molar-refractivity contribution in [2.45, 2.75) is 44.2 Å². The minimum absolute atomic E-state index is 0.0245. The standard InChI is InChI=1S/C18H22N2OS/c21-16(13-4-2-1-3-5-13)18(8-9-18)12-19-10-15-11-22-17(20-15)14-6-7-14/h1-5,11,14,16,19,21H,6-10,12H2. The Kier molecular flexibility index (Phi) is 3.76. The minimum atomic E-state index is -0.362. The maximum Gasteiger partial charge on any atom is 0.0959 e. The monoisotopic (exact) mass is 314 g/mol. The fraction of sp³-hybridized carbons (Fsp3) is 0.500. The molecular formula is C18H22N2OS. The van der Waals surface area contributed by atoms with Crippen LogP contribution in [0.3, 0.4) is 0 Å². The van der Waals surface area contributed by atoms with Crippen LogP contribution in [0.4, 0.5) is 0 Å². The van der Waals surface area contributed by atoms with Crippen molar-refractivity contribution in [3.05, 3.63) is 52.0 Å². The molecule has 116 valence electrons.